The molecule has 0 heteroatoms. The minimum absolute atomic E-state index is 0.562. The number of hydrogen-bond acceptors (Lipinski definition) is 0. The fourth-order valence-corrected chi connectivity index (χ4v) is 6.13. The predicted octanol–water partition coefficient (Wildman–Crippen LogP) is 6.14. The van der Waals surface area contributed by atoms with Crippen LogP contribution < -0.4 is 0 Å². The molecule has 3 aliphatic rings. The Morgan fingerprint density at radius 3 is 2.65 bits per heavy atom. The number of hydrogen-bond donors (Lipinski definition) is 0. The van der Waals surface area contributed by atoms with Gasteiger partial charge < -0.3 is 0 Å². The molecule has 0 aromatic rings. The quantitative estimate of drug-likeness (QED) is 0.503. The van der Waals surface area contributed by atoms with Crippen molar-refractivity contribution in [3.05, 3.63) is 23.8 Å². The van der Waals surface area contributed by atoms with Gasteiger partial charge in [0.05, 0.1) is 0 Å². The third-order valence-electron chi connectivity index (χ3n) is 7.37. The minimum atomic E-state index is 0.562. The van der Waals surface area contributed by atoms with E-state index in [1.165, 1.54) is 50.5 Å². The lowest BCUT2D eigenvalue weighted by Gasteiger charge is -2.54. The van der Waals surface area contributed by atoms with Gasteiger partial charge in [0.15, 0.2) is 0 Å². The molecule has 3 rings (SSSR count). The fraction of sp³-hybridized carbons (Fsp3) is 0.800. The molecule has 3 aliphatic carbocycles. The van der Waals surface area contributed by atoms with Gasteiger partial charge in [-0.2, -0.15) is 0 Å². The largest absolute Gasteiger partial charge is 0.0999 e. The van der Waals surface area contributed by atoms with Crippen LogP contribution in [0.15, 0.2) is 23.8 Å². The van der Waals surface area contributed by atoms with E-state index in [9.17, 15) is 0 Å². The van der Waals surface area contributed by atoms with Crippen molar-refractivity contribution in [1.82, 2.24) is 0 Å². The smallest absolute Gasteiger partial charge is 0.0175 e. The highest BCUT2D eigenvalue weighted by atomic mass is 14.6. The lowest BCUT2D eigenvalue weighted by atomic mass is 9.50. The highest BCUT2D eigenvalue weighted by Crippen LogP contribution is 2.66. The molecule has 2 fully saturated rings. The first-order valence-corrected chi connectivity index (χ1v) is 8.68. The molecule has 0 aromatic carbocycles. The average molecular weight is 272 g/mol. The molecular formula is C20H32. The molecule has 0 unspecified atom stereocenters. The van der Waals surface area contributed by atoms with Crippen molar-refractivity contribution < 1.29 is 0 Å². The van der Waals surface area contributed by atoms with Crippen molar-refractivity contribution >= 4 is 0 Å². The summed E-state index contributed by atoms with van der Waals surface area (Å²) in [6.07, 6.45) is 12.3. The van der Waals surface area contributed by atoms with E-state index in [4.69, 9.17) is 0 Å². The van der Waals surface area contributed by atoms with Crippen molar-refractivity contribution in [2.24, 2.45) is 28.6 Å². The lowest BCUT2D eigenvalue weighted by molar-refractivity contribution is -0.0481. The maximum atomic E-state index is 4.30. The average Bonchev–Trinajstić information content (AvgIpc) is 2.64. The molecule has 0 N–H and O–H groups in total. The normalized spacial score (nSPS) is 48.0. The van der Waals surface area contributed by atoms with Gasteiger partial charge in [0.1, 0.15) is 0 Å². The summed E-state index contributed by atoms with van der Waals surface area (Å²) in [6.45, 7) is 14.1. The molecule has 20 heavy (non-hydrogen) atoms. The van der Waals surface area contributed by atoms with E-state index in [0.717, 1.165) is 17.8 Å². The van der Waals surface area contributed by atoms with Crippen molar-refractivity contribution in [2.75, 3.05) is 0 Å². The van der Waals surface area contributed by atoms with E-state index in [1.54, 1.807) is 5.57 Å². The van der Waals surface area contributed by atoms with E-state index < -0.39 is 0 Å². The molecule has 0 spiro atoms. The van der Waals surface area contributed by atoms with Crippen LogP contribution in [0, 0.1) is 28.6 Å². The molecule has 0 bridgehead atoms. The summed E-state index contributed by atoms with van der Waals surface area (Å²) in [5, 5.41) is 0. The van der Waals surface area contributed by atoms with Gasteiger partial charge in [0.25, 0.3) is 0 Å². The summed E-state index contributed by atoms with van der Waals surface area (Å²) >= 11 is 0. The van der Waals surface area contributed by atoms with Gasteiger partial charge in [0, 0.05) is 0 Å². The van der Waals surface area contributed by atoms with E-state index in [1.807, 2.05) is 0 Å². The van der Waals surface area contributed by atoms with Crippen LogP contribution in [-0.2, 0) is 0 Å². The van der Waals surface area contributed by atoms with Crippen LogP contribution in [0.2, 0.25) is 0 Å². The van der Waals surface area contributed by atoms with Gasteiger partial charge in [0.2, 0.25) is 0 Å². The zero-order valence-corrected chi connectivity index (χ0v) is 14.0. The van der Waals surface area contributed by atoms with Gasteiger partial charge in [-0.3, -0.25) is 0 Å². The highest BCUT2D eigenvalue weighted by Gasteiger charge is 2.57. The second-order valence-corrected chi connectivity index (χ2v) is 8.64. The van der Waals surface area contributed by atoms with E-state index in [-0.39, 0.29) is 0 Å². The number of allylic oxidation sites excluding steroid dienone is 3. The Morgan fingerprint density at radius 2 is 1.95 bits per heavy atom. The fourth-order valence-electron chi connectivity index (χ4n) is 6.13. The lowest BCUT2D eigenvalue weighted by Crippen LogP contribution is -2.47. The standard InChI is InChI=1S/C20H32/c1-14(2)16-9-13-20(5)17(16)10-12-19(4)11-8-15(3)6-7-18(19)20/h8,16-18H,1,6-7,9-13H2,2-5H3/t16-,17+,18+,19-,20+/m1/s1. The second kappa shape index (κ2) is 4.75. The minimum Gasteiger partial charge on any atom is -0.0999 e. The van der Waals surface area contributed by atoms with Gasteiger partial charge in [-0.05, 0) is 87.4 Å². The van der Waals surface area contributed by atoms with E-state index >= 15 is 0 Å². The Bertz CT molecular complexity index is 443. The molecule has 0 saturated heterocycles. The number of rotatable bonds is 1. The maximum absolute atomic E-state index is 4.30. The van der Waals surface area contributed by atoms with Crippen LogP contribution >= 0.6 is 0 Å². The van der Waals surface area contributed by atoms with Gasteiger partial charge >= 0.3 is 0 Å². The first-order valence-electron chi connectivity index (χ1n) is 8.68. The predicted molar refractivity (Wildman–Crippen MR) is 87.6 cm³/mol. The topological polar surface area (TPSA) is 0 Å². The third kappa shape index (κ3) is 2.02. The molecule has 0 aliphatic heterocycles. The molecule has 0 heterocycles. The zero-order chi connectivity index (χ0) is 14.5. The molecular weight excluding hydrogens is 240 g/mol. The zero-order valence-electron chi connectivity index (χ0n) is 14.0. The monoisotopic (exact) mass is 272 g/mol. The molecule has 0 nitrogen and oxygen atoms in total. The first kappa shape index (κ1) is 14.4. The maximum Gasteiger partial charge on any atom is -0.0175 e. The van der Waals surface area contributed by atoms with Crippen LogP contribution in [0.25, 0.3) is 0 Å². The highest BCUT2D eigenvalue weighted by molar-refractivity contribution is 5.16. The summed E-state index contributed by atoms with van der Waals surface area (Å²) in [4.78, 5) is 0. The molecule has 5 atom stereocenters. The molecule has 0 radical (unpaired) electrons. The van der Waals surface area contributed by atoms with Crippen LogP contribution in [-0.4, -0.2) is 0 Å². The summed E-state index contributed by atoms with van der Waals surface area (Å²) in [5.74, 6) is 2.64. The summed E-state index contributed by atoms with van der Waals surface area (Å²) in [7, 11) is 0. The Balaban J connectivity index is 1.93. The van der Waals surface area contributed by atoms with Crippen LogP contribution in [0.4, 0.5) is 0 Å². The summed E-state index contributed by atoms with van der Waals surface area (Å²) in [5.41, 5.74) is 4.22. The van der Waals surface area contributed by atoms with Gasteiger partial charge in [-0.1, -0.05) is 37.6 Å². The SMILES string of the molecule is C=C(C)[C@H]1CC[C@@]2(C)[C@H]1CC[C@@]1(C)CC=C(C)CC[C@@H]12. The first-order chi connectivity index (χ1) is 9.37. The Labute approximate surface area is 125 Å². The van der Waals surface area contributed by atoms with Crippen LogP contribution in [0.3, 0.4) is 0 Å². The summed E-state index contributed by atoms with van der Waals surface area (Å²) in [6, 6.07) is 0. The van der Waals surface area contributed by atoms with Crippen molar-refractivity contribution in [3.63, 3.8) is 0 Å². The van der Waals surface area contributed by atoms with E-state index in [2.05, 4.69) is 40.3 Å². The van der Waals surface area contributed by atoms with Crippen molar-refractivity contribution in [2.45, 2.75) is 72.6 Å². The van der Waals surface area contributed by atoms with Crippen LogP contribution in [0.5, 0.6) is 0 Å². The van der Waals surface area contributed by atoms with Crippen molar-refractivity contribution in [3.8, 4) is 0 Å². The molecule has 0 aromatic heterocycles. The third-order valence-corrected chi connectivity index (χ3v) is 7.37. The van der Waals surface area contributed by atoms with Gasteiger partial charge in [-0.25, -0.2) is 0 Å². The summed E-state index contributed by atoms with van der Waals surface area (Å²) < 4.78 is 0. The molecule has 2 saturated carbocycles. The number of fused-ring (bicyclic) bond motifs is 3. The Morgan fingerprint density at radius 1 is 1.20 bits per heavy atom. The Kier molecular flexibility index (Phi) is 3.42. The molecule has 112 valence electrons. The Hall–Kier alpha value is -0.520. The second-order valence-electron chi connectivity index (χ2n) is 8.64. The molecule has 0 amide bonds. The van der Waals surface area contributed by atoms with Crippen LogP contribution in [0.1, 0.15) is 72.6 Å². The van der Waals surface area contributed by atoms with E-state index in [0.29, 0.717) is 10.8 Å². The van der Waals surface area contributed by atoms with Crippen molar-refractivity contribution in [1.29, 1.82) is 0 Å². The van der Waals surface area contributed by atoms with Gasteiger partial charge in [-0.15, -0.1) is 0 Å².